The minimum absolute atomic E-state index is 0.0286. The quantitative estimate of drug-likeness (QED) is 0.170. The third-order valence-electron chi connectivity index (χ3n) is 12.5. The van der Waals surface area contributed by atoms with Crippen molar-refractivity contribution >= 4 is 61.9 Å². The number of benzene rings is 6. The van der Waals surface area contributed by atoms with Gasteiger partial charge in [-0.15, -0.1) is 0 Å². The van der Waals surface area contributed by atoms with Gasteiger partial charge in [0.15, 0.2) is 0 Å². The van der Waals surface area contributed by atoms with Crippen LogP contribution >= 0.6 is 0 Å². The Labute approximate surface area is 309 Å². The summed E-state index contributed by atoms with van der Waals surface area (Å²) in [5.74, 6) is 1.84. The summed E-state index contributed by atoms with van der Waals surface area (Å²) in [7, 11) is 0. The average molecular weight is 687 g/mol. The maximum absolute atomic E-state index is 7.20. The van der Waals surface area contributed by atoms with Crippen LogP contribution in [0.5, 0.6) is 11.5 Å². The number of imidazole rings is 1. The van der Waals surface area contributed by atoms with E-state index in [-0.39, 0.29) is 6.71 Å². The van der Waals surface area contributed by atoms with Crippen LogP contribution in [0.3, 0.4) is 0 Å². The van der Waals surface area contributed by atoms with Gasteiger partial charge in [-0.05, 0) is 180 Å². The van der Waals surface area contributed by atoms with Crippen molar-refractivity contribution in [2.24, 2.45) is 0 Å². The van der Waals surface area contributed by atoms with Crippen molar-refractivity contribution in [3.63, 3.8) is 0 Å². The fourth-order valence-corrected chi connectivity index (χ4v) is 9.75. The zero-order valence-electron chi connectivity index (χ0n) is 31.4. The maximum Gasteiger partial charge on any atom is 0.259 e. The first-order chi connectivity index (χ1) is 25.6. The summed E-state index contributed by atoms with van der Waals surface area (Å²) in [6.07, 6.45) is 0. The van der Waals surface area contributed by atoms with Gasteiger partial charge in [0.2, 0.25) is 5.71 Å². The normalized spacial score (nSPS) is 13.0. The predicted octanol–water partition coefficient (Wildman–Crippen LogP) is 10.5. The molecule has 0 amide bonds. The average Bonchev–Trinajstić information content (AvgIpc) is 3.74. The Morgan fingerprint density at radius 3 is 1.83 bits per heavy atom. The monoisotopic (exact) mass is 686 g/mol. The van der Waals surface area contributed by atoms with Gasteiger partial charge in [0.05, 0.1) is 5.52 Å². The molecule has 11 rings (SSSR count). The second-order valence-electron chi connectivity index (χ2n) is 15.8. The highest BCUT2D eigenvalue weighted by Gasteiger charge is 2.44. The standard InChI is InChI=1S/C48H39BN2O2/c1-24-11-9-12-25(2)42(24)32-15-16-36-40(22-32)52-41-23-33(43-26(3)13-10-14-27(43)4)21-38-45(41)49(36)44-34-17-28(5)30(7)19-37(34)51-47(44)50(38)46-35-18-29(6)31(8)20-39(35)53-48(46)51/h9-23H,1-8H3. The molecule has 3 aromatic heterocycles. The molecule has 0 radical (unpaired) electrons. The Hall–Kier alpha value is -5.94. The van der Waals surface area contributed by atoms with Crippen molar-refractivity contribution in [2.75, 3.05) is 0 Å². The third kappa shape index (κ3) is 3.92. The van der Waals surface area contributed by atoms with E-state index in [9.17, 15) is 0 Å². The zero-order valence-corrected chi connectivity index (χ0v) is 31.4. The highest BCUT2D eigenvalue weighted by molar-refractivity contribution is 7.00. The molecule has 0 atom stereocenters. The van der Waals surface area contributed by atoms with E-state index in [0.717, 1.165) is 44.9 Å². The lowest BCUT2D eigenvalue weighted by Crippen LogP contribution is -2.58. The van der Waals surface area contributed by atoms with Crippen LogP contribution in [0.25, 0.3) is 66.7 Å². The van der Waals surface area contributed by atoms with Gasteiger partial charge < -0.3 is 9.15 Å². The summed E-state index contributed by atoms with van der Waals surface area (Å²) < 4.78 is 19.1. The lowest BCUT2D eigenvalue weighted by molar-refractivity contribution is 0.487. The highest BCUT2D eigenvalue weighted by atomic mass is 16.5. The Balaban J connectivity index is 1.33. The van der Waals surface area contributed by atoms with Crippen LogP contribution in [-0.4, -0.2) is 15.7 Å². The summed E-state index contributed by atoms with van der Waals surface area (Å²) in [4.78, 5) is 0. The Morgan fingerprint density at radius 2 is 1.13 bits per heavy atom. The molecular weight excluding hydrogens is 647 g/mol. The molecule has 0 N–H and O–H groups in total. The van der Waals surface area contributed by atoms with Gasteiger partial charge >= 0.3 is 0 Å². The molecule has 2 aliphatic rings. The van der Waals surface area contributed by atoms with E-state index in [1.54, 1.807) is 0 Å². The van der Waals surface area contributed by atoms with Crippen molar-refractivity contribution in [2.45, 2.75) is 55.4 Å². The first kappa shape index (κ1) is 30.7. The van der Waals surface area contributed by atoms with E-state index in [2.05, 4.69) is 155 Å². The van der Waals surface area contributed by atoms with Gasteiger partial charge in [0.1, 0.15) is 28.2 Å². The van der Waals surface area contributed by atoms with Gasteiger partial charge in [-0.3, -0.25) is 8.97 Å². The van der Waals surface area contributed by atoms with Crippen molar-refractivity contribution in [1.82, 2.24) is 8.97 Å². The number of nitrogens with zero attached hydrogens (tertiary/aromatic N) is 2. The fourth-order valence-electron chi connectivity index (χ4n) is 9.75. The van der Waals surface area contributed by atoms with Crippen molar-refractivity contribution in [3.8, 4) is 39.4 Å². The molecule has 5 heteroatoms. The third-order valence-corrected chi connectivity index (χ3v) is 12.5. The van der Waals surface area contributed by atoms with E-state index >= 15 is 0 Å². The van der Waals surface area contributed by atoms with E-state index in [4.69, 9.17) is 9.15 Å². The first-order valence-corrected chi connectivity index (χ1v) is 18.7. The van der Waals surface area contributed by atoms with Gasteiger partial charge in [-0.2, -0.15) is 0 Å². The van der Waals surface area contributed by atoms with E-state index in [1.807, 2.05) is 0 Å². The van der Waals surface area contributed by atoms with Crippen molar-refractivity contribution < 1.29 is 9.15 Å². The molecule has 4 nitrogen and oxygen atoms in total. The molecule has 0 saturated carbocycles. The fraction of sp³-hybridized carbons (Fsp3) is 0.167. The molecule has 0 unspecified atom stereocenters. The van der Waals surface area contributed by atoms with Crippen LogP contribution in [0.4, 0.5) is 0 Å². The van der Waals surface area contributed by atoms with Crippen LogP contribution in [0.1, 0.15) is 44.5 Å². The maximum atomic E-state index is 7.20. The smallest absolute Gasteiger partial charge is 0.259 e. The summed E-state index contributed by atoms with van der Waals surface area (Å²) in [5, 5.41) is 2.40. The molecule has 9 aromatic rings. The summed E-state index contributed by atoms with van der Waals surface area (Å²) in [6.45, 7) is 17.6. The number of aromatic nitrogens is 2. The van der Waals surface area contributed by atoms with Gasteiger partial charge in [-0.25, -0.2) is 0 Å². The number of furan rings is 1. The summed E-state index contributed by atoms with van der Waals surface area (Å²) in [5.41, 5.74) is 25.1. The first-order valence-electron chi connectivity index (χ1n) is 18.7. The van der Waals surface area contributed by atoms with Crippen molar-refractivity contribution in [1.29, 1.82) is 0 Å². The molecule has 5 heterocycles. The molecule has 6 aromatic carbocycles. The number of hydrogen-bond acceptors (Lipinski definition) is 2. The zero-order chi connectivity index (χ0) is 36.2. The topological polar surface area (TPSA) is 31.7 Å². The molecule has 0 saturated heterocycles. The predicted molar refractivity (Wildman–Crippen MR) is 221 cm³/mol. The molecule has 0 bridgehead atoms. The summed E-state index contributed by atoms with van der Waals surface area (Å²) >= 11 is 0. The van der Waals surface area contributed by atoms with Crippen LogP contribution in [-0.2, 0) is 0 Å². The molecule has 2 aliphatic heterocycles. The lowest BCUT2D eigenvalue weighted by atomic mass is 9.34. The number of hydrogen-bond donors (Lipinski definition) is 0. The number of aryl methyl sites for hydroxylation is 8. The van der Waals surface area contributed by atoms with Crippen molar-refractivity contribution in [3.05, 3.63) is 136 Å². The van der Waals surface area contributed by atoms with Crippen LogP contribution in [0.2, 0.25) is 0 Å². The molecule has 53 heavy (non-hydrogen) atoms. The Bertz CT molecular complexity index is 3090. The number of ether oxygens (including phenoxy) is 1. The molecule has 256 valence electrons. The SMILES string of the molecule is Cc1cc2oc3c(c2cc1C)n1c2c(c4cc(C)c(C)cc4n32)B2c3ccc(-c4c(C)cccc4C)cc3Oc3cc(-c4c(C)cccc4C)cc-1c32. The van der Waals surface area contributed by atoms with E-state index in [0.29, 0.717) is 0 Å². The molecule has 0 aliphatic carbocycles. The molecule has 0 spiro atoms. The Kier molecular flexibility index (Phi) is 5.99. The Morgan fingerprint density at radius 1 is 0.528 bits per heavy atom. The number of rotatable bonds is 2. The molecular formula is C48H39BN2O2. The van der Waals surface area contributed by atoms with Gasteiger partial charge in [0, 0.05) is 11.1 Å². The largest absolute Gasteiger partial charge is 0.458 e. The van der Waals surface area contributed by atoms with Gasteiger partial charge in [-0.1, -0.05) is 54.6 Å². The van der Waals surface area contributed by atoms with Crippen LogP contribution in [0, 0.1) is 55.4 Å². The second kappa shape index (κ2) is 10.4. The van der Waals surface area contributed by atoms with E-state index < -0.39 is 0 Å². The minimum Gasteiger partial charge on any atom is -0.458 e. The second-order valence-corrected chi connectivity index (χ2v) is 15.8. The van der Waals surface area contributed by atoms with E-state index in [1.165, 1.54) is 94.1 Å². The molecule has 0 fully saturated rings. The van der Waals surface area contributed by atoms with Crippen LogP contribution in [0.15, 0.2) is 95.4 Å². The van der Waals surface area contributed by atoms with Gasteiger partial charge in [0.25, 0.3) is 6.71 Å². The summed E-state index contributed by atoms with van der Waals surface area (Å²) in [6, 6.07) is 34.0. The lowest BCUT2D eigenvalue weighted by Gasteiger charge is -2.33. The number of fused-ring (bicyclic) bond motifs is 12. The minimum atomic E-state index is -0.0286. The van der Waals surface area contributed by atoms with Crippen LogP contribution < -0.4 is 21.1 Å². The highest BCUT2D eigenvalue weighted by Crippen LogP contribution is 2.44.